The monoisotopic (exact) mass is 382 g/mol. The number of benzene rings is 2. The van der Waals surface area contributed by atoms with Crippen molar-refractivity contribution in [2.24, 2.45) is 5.41 Å². The number of ether oxygens (including phenoxy) is 2. The molecule has 1 saturated carbocycles. The molecule has 7 nitrogen and oxygen atoms in total. The summed E-state index contributed by atoms with van der Waals surface area (Å²) in [5, 5.41) is 5.50. The molecule has 0 unspecified atom stereocenters. The van der Waals surface area contributed by atoms with Crippen LogP contribution < -0.4 is 15.4 Å². The maximum atomic E-state index is 12.8. The summed E-state index contributed by atoms with van der Waals surface area (Å²) in [6, 6.07) is 13.6. The van der Waals surface area contributed by atoms with Gasteiger partial charge in [0.05, 0.1) is 30.7 Å². The third-order valence-electron chi connectivity index (χ3n) is 4.63. The van der Waals surface area contributed by atoms with E-state index < -0.39 is 23.2 Å². The van der Waals surface area contributed by atoms with Crippen LogP contribution in [0.15, 0.2) is 48.5 Å². The van der Waals surface area contributed by atoms with E-state index in [4.69, 9.17) is 9.47 Å². The summed E-state index contributed by atoms with van der Waals surface area (Å²) in [7, 11) is 1.27. The number of carbonyl (C=O) groups excluding carboxylic acids is 3. The van der Waals surface area contributed by atoms with E-state index in [1.165, 1.54) is 7.11 Å². The highest BCUT2D eigenvalue weighted by Crippen LogP contribution is 2.48. The first-order valence-electron chi connectivity index (χ1n) is 9.04. The Kier molecular flexibility index (Phi) is 5.63. The number of nitrogens with one attached hydrogen (secondary N) is 2. The molecule has 2 N–H and O–H groups in total. The van der Waals surface area contributed by atoms with Gasteiger partial charge < -0.3 is 20.1 Å². The SMILES string of the molecule is CCOc1ccccc1NC(=O)C1(C(=O)Nc2ccccc2C(=O)OC)CC1. The lowest BCUT2D eigenvalue weighted by atomic mass is 10.0. The van der Waals surface area contributed by atoms with Gasteiger partial charge >= 0.3 is 5.97 Å². The summed E-state index contributed by atoms with van der Waals surface area (Å²) >= 11 is 0. The van der Waals surface area contributed by atoms with Gasteiger partial charge in [0.25, 0.3) is 0 Å². The van der Waals surface area contributed by atoms with Crippen LogP contribution in [-0.4, -0.2) is 31.5 Å². The number of hydrogen-bond acceptors (Lipinski definition) is 5. The molecular weight excluding hydrogens is 360 g/mol. The average Bonchev–Trinajstić information content (AvgIpc) is 3.52. The maximum absolute atomic E-state index is 12.8. The van der Waals surface area contributed by atoms with Crippen molar-refractivity contribution < 1.29 is 23.9 Å². The predicted octanol–water partition coefficient (Wildman–Crippen LogP) is 3.23. The molecule has 2 aromatic rings. The van der Waals surface area contributed by atoms with Crippen LogP contribution in [0.1, 0.15) is 30.1 Å². The van der Waals surface area contributed by atoms with Crippen molar-refractivity contribution in [2.45, 2.75) is 19.8 Å². The Balaban J connectivity index is 1.76. The van der Waals surface area contributed by atoms with Crippen molar-refractivity contribution in [3.63, 3.8) is 0 Å². The molecule has 3 rings (SSSR count). The van der Waals surface area contributed by atoms with Gasteiger partial charge in [-0.05, 0) is 44.0 Å². The van der Waals surface area contributed by atoms with Crippen LogP contribution in [0.5, 0.6) is 5.75 Å². The first-order valence-corrected chi connectivity index (χ1v) is 9.04. The predicted molar refractivity (Wildman–Crippen MR) is 104 cm³/mol. The second-order valence-corrected chi connectivity index (χ2v) is 6.46. The lowest BCUT2D eigenvalue weighted by Crippen LogP contribution is -2.36. The first kappa shape index (κ1) is 19.4. The molecule has 1 aliphatic rings. The molecule has 0 radical (unpaired) electrons. The molecule has 0 saturated heterocycles. The van der Waals surface area contributed by atoms with Crippen LogP contribution in [-0.2, 0) is 14.3 Å². The fraction of sp³-hybridized carbons (Fsp3) is 0.286. The molecule has 2 aromatic carbocycles. The summed E-state index contributed by atoms with van der Waals surface area (Å²) in [6.07, 6.45) is 0.865. The number of hydrogen-bond donors (Lipinski definition) is 2. The molecule has 0 aliphatic heterocycles. The van der Waals surface area contributed by atoms with E-state index in [0.29, 0.717) is 36.6 Å². The van der Waals surface area contributed by atoms with Crippen molar-refractivity contribution in [3.05, 3.63) is 54.1 Å². The number of esters is 1. The lowest BCUT2D eigenvalue weighted by Gasteiger charge is -2.18. The fourth-order valence-corrected chi connectivity index (χ4v) is 2.90. The molecule has 2 amide bonds. The molecule has 146 valence electrons. The van der Waals surface area contributed by atoms with Crippen LogP contribution in [0.3, 0.4) is 0 Å². The third-order valence-corrected chi connectivity index (χ3v) is 4.63. The molecule has 0 heterocycles. The smallest absolute Gasteiger partial charge is 0.339 e. The van der Waals surface area contributed by atoms with Crippen LogP contribution >= 0.6 is 0 Å². The normalized spacial score (nSPS) is 13.9. The zero-order chi connectivity index (χ0) is 20.1. The highest BCUT2D eigenvalue weighted by Gasteiger charge is 2.56. The zero-order valence-corrected chi connectivity index (χ0v) is 15.8. The summed E-state index contributed by atoms with van der Waals surface area (Å²) in [4.78, 5) is 37.6. The van der Waals surface area contributed by atoms with Crippen LogP contribution in [0.4, 0.5) is 11.4 Å². The van der Waals surface area contributed by atoms with Gasteiger partial charge in [-0.1, -0.05) is 24.3 Å². The second kappa shape index (κ2) is 8.12. The summed E-state index contributed by atoms with van der Waals surface area (Å²) in [6.45, 7) is 2.32. The van der Waals surface area contributed by atoms with Crippen molar-refractivity contribution in [1.29, 1.82) is 0 Å². The van der Waals surface area contributed by atoms with Gasteiger partial charge in [0.15, 0.2) is 0 Å². The van der Waals surface area contributed by atoms with E-state index in [0.717, 1.165) is 0 Å². The Morgan fingerprint density at radius 3 is 2.11 bits per heavy atom. The van der Waals surface area contributed by atoms with Crippen molar-refractivity contribution in [1.82, 2.24) is 0 Å². The average molecular weight is 382 g/mol. The summed E-state index contributed by atoms with van der Waals surface area (Å²) < 4.78 is 10.3. The van der Waals surface area contributed by atoms with E-state index in [-0.39, 0.29) is 5.56 Å². The molecule has 7 heteroatoms. The quantitative estimate of drug-likeness (QED) is 0.566. The largest absolute Gasteiger partial charge is 0.492 e. The van der Waals surface area contributed by atoms with Gasteiger partial charge in [0.1, 0.15) is 11.2 Å². The fourth-order valence-electron chi connectivity index (χ4n) is 2.90. The van der Waals surface area contributed by atoms with Gasteiger partial charge in [-0.2, -0.15) is 0 Å². The Labute approximate surface area is 163 Å². The molecular formula is C21H22N2O5. The van der Waals surface area contributed by atoms with Gasteiger partial charge in [-0.25, -0.2) is 4.79 Å². The Bertz CT molecular complexity index is 905. The lowest BCUT2D eigenvalue weighted by molar-refractivity contribution is -0.131. The van der Waals surface area contributed by atoms with Crippen molar-refractivity contribution in [2.75, 3.05) is 24.4 Å². The molecule has 0 bridgehead atoms. The van der Waals surface area contributed by atoms with E-state index >= 15 is 0 Å². The Hall–Kier alpha value is -3.35. The van der Waals surface area contributed by atoms with Gasteiger partial charge in [-0.3, -0.25) is 9.59 Å². The zero-order valence-electron chi connectivity index (χ0n) is 15.8. The van der Waals surface area contributed by atoms with Crippen LogP contribution in [0.2, 0.25) is 0 Å². The molecule has 28 heavy (non-hydrogen) atoms. The van der Waals surface area contributed by atoms with Crippen molar-refractivity contribution >= 4 is 29.2 Å². The highest BCUT2D eigenvalue weighted by atomic mass is 16.5. The molecule has 1 fully saturated rings. The number of methoxy groups -OCH3 is 1. The van der Waals surface area contributed by atoms with Gasteiger partial charge in [0.2, 0.25) is 11.8 Å². The Morgan fingerprint density at radius 2 is 1.50 bits per heavy atom. The second-order valence-electron chi connectivity index (χ2n) is 6.46. The highest BCUT2D eigenvalue weighted by molar-refractivity contribution is 6.18. The number of amides is 2. The molecule has 0 atom stereocenters. The third kappa shape index (κ3) is 3.83. The van der Waals surface area contributed by atoms with E-state index in [1.54, 1.807) is 42.5 Å². The van der Waals surface area contributed by atoms with Crippen LogP contribution in [0, 0.1) is 5.41 Å². The van der Waals surface area contributed by atoms with E-state index in [2.05, 4.69) is 10.6 Å². The summed E-state index contributed by atoms with van der Waals surface area (Å²) in [5.41, 5.74) is -0.101. The minimum atomic E-state index is -1.16. The molecule has 1 aliphatic carbocycles. The van der Waals surface area contributed by atoms with Gasteiger partial charge in [-0.15, -0.1) is 0 Å². The Morgan fingerprint density at radius 1 is 0.929 bits per heavy atom. The maximum Gasteiger partial charge on any atom is 0.339 e. The van der Waals surface area contributed by atoms with Crippen LogP contribution in [0.25, 0.3) is 0 Å². The number of para-hydroxylation sites is 3. The van der Waals surface area contributed by atoms with Gasteiger partial charge in [0, 0.05) is 0 Å². The summed E-state index contributed by atoms with van der Waals surface area (Å²) in [5.74, 6) is -0.857. The van der Waals surface area contributed by atoms with Crippen molar-refractivity contribution in [3.8, 4) is 5.75 Å². The van der Waals surface area contributed by atoms with E-state index in [1.807, 2.05) is 13.0 Å². The minimum absolute atomic E-state index is 0.233. The number of rotatable bonds is 7. The molecule has 0 spiro atoms. The van der Waals surface area contributed by atoms with E-state index in [9.17, 15) is 14.4 Å². The minimum Gasteiger partial charge on any atom is -0.492 e. The standard InChI is InChI=1S/C21H22N2O5/c1-3-28-17-11-7-6-10-16(17)23-20(26)21(12-13-21)19(25)22-15-9-5-4-8-14(15)18(24)27-2/h4-11H,3,12-13H2,1-2H3,(H,22,25)(H,23,26). The number of anilines is 2. The molecule has 0 aromatic heterocycles. The topological polar surface area (TPSA) is 93.7 Å². The first-order chi connectivity index (χ1) is 13.5. The number of carbonyl (C=O) groups is 3.